The van der Waals surface area contributed by atoms with Gasteiger partial charge in [-0.25, -0.2) is 0 Å². The number of nitrogens with zero attached hydrogens (tertiary/aromatic N) is 3. The number of carbonyl (C=O) groups is 2. The second kappa shape index (κ2) is 10.7. The van der Waals surface area contributed by atoms with E-state index in [1.807, 2.05) is 46.2 Å². The third kappa shape index (κ3) is 5.75. The van der Waals surface area contributed by atoms with Crippen LogP contribution in [0.25, 0.3) is 11.1 Å². The van der Waals surface area contributed by atoms with Crippen LogP contribution in [0.4, 0.5) is 0 Å². The van der Waals surface area contributed by atoms with Gasteiger partial charge in [-0.15, -0.1) is 6.58 Å². The van der Waals surface area contributed by atoms with Crippen molar-refractivity contribution >= 4 is 11.8 Å². The van der Waals surface area contributed by atoms with Gasteiger partial charge in [-0.3, -0.25) is 14.6 Å². The second-order valence-corrected chi connectivity index (χ2v) is 8.37. The average molecular weight is 440 g/mol. The van der Waals surface area contributed by atoms with Crippen LogP contribution in [0.2, 0.25) is 0 Å². The first-order chi connectivity index (χ1) is 16.1. The molecule has 0 unspecified atom stereocenters. The van der Waals surface area contributed by atoms with Crippen molar-refractivity contribution in [2.24, 2.45) is 5.92 Å². The van der Waals surface area contributed by atoms with E-state index in [1.54, 1.807) is 12.3 Å². The molecule has 1 saturated heterocycles. The van der Waals surface area contributed by atoms with Gasteiger partial charge in [0.2, 0.25) is 11.8 Å². The fourth-order valence-corrected chi connectivity index (χ4v) is 4.28. The van der Waals surface area contributed by atoms with Crippen molar-refractivity contribution < 1.29 is 9.59 Å². The van der Waals surface area contributed by atoms with Crippen LogP contribution in [0, 0.1) is 5.92 Å². The van der Waals surface area contributed by atoms with E-state index in [0.29, 0.717) is 32.6 Å². The molecule has 168 valence electrons. The van der Waals surface area contributed by atoms with Gasteiger partial charge < -0.3 is 9.80 Å². The predicted octanol–water partition coefficient (Wildman–Crippen LogP) is 4.01. The van der Waals surface area contributed by atoms with Crippen LogP contribution in [-0.2, 0) is 22.4 Å². The van der Waals surface area contributed by atoms with E-state index >= 15 is 0 Å². The fraction of sp³-hybridized carbons (Fsp3) is 0.250. The molecule has 1 aromatic heterocycles. The summed E-state index contributed by atoms with van der Waals surface area (Å²) in [6.07, 6.45) is 4.28. The molecule has 5 heteroatoms. The molecular formula is C28H29N3O2. The first kappa shape index (κ1) is 22.5. The van der Waals surface area contributed by atoms with E-state index < -0.39 is 0 Å². The topological polar surface area (TPSA) is 53.5 Å². The van der Waals surface area contributed by atoms with Crippen molar-refractivity contribution in [3.8, 4) is 11.1 Å². The minimum absolute atomic E-state index is 0.00591. The van der Waals surface area contributed by atoms with E-state index in [-0.39, 0.29) is 24.2 Å². The Balaban J connectivity index is 1.50. The molecule has 0 N–H and O–H groups in total. The molecule has 2 amide bonds. The van der Waals surface area contributed by atoms with Crippen LogP contribution in [0.1, 0.15) is 11.3 Å². The zero-order valence-electron chi connectivity index (χ0n) is 18.8. The number of hydrogen-bond donors (Lipinski definition) is 0. The molecule has 1 fully saturated rings. The Kier molecular flexibility index (Phi) is 7.30. The SMILES string of the molecule is C=CCN1CCN(C(=O)Cc2ccccn2)C[C@@H](Cc2ccc(-c3ccccc3)cc2)C1=O. The van der Waals surface area contributed by atoms with Crippen molar-refractivity contribution in [1.82, 2.24) is 14.8 Å². The lowest BCUT2D eigenvalue weighted by molar-refractivity contribution is -0.134. The lowest BCUT2D eigenvalue weighted by Crippen LogP contribution is -2.38. The van der Waals surface area contributed by atoms with Gasteiger partial charge in [-0.1, -0.05) is 66.7 Å². The number of benzene rings is 2. The van der Waals surface area contributed by atoms with Crippen LogP contribution in [0.3, 0.4) is 0 Å². The summed E-state index contributed by atoms with van der Waals surface area (Å²) in [6, 6.07) is 24.2. The summed E-state index contributed by atoms with van der Waals surface area (Å²) < 4.78 is 0. The van der Waals surface area contributed by atoms with Crippen LogP contribution in [0.5, 0.6) is 0 Å². The van der Waals surface area contributed by atoms with Gasteiger partial charge in [-0.05, 0) is 35.2 Å². The van der Waals surface area contributed by atoms with Crippen molar-refractivity contribution in [2.45, 2.75) is 12.8 Å². The van der Waals surface area contributed by atoms with E-state index in [4.69, 9.17) is 0 Å². The summed E-state index contributed by atoms with van der Waals surface area (Å²) >= 11 is 0. The molecule has 4 rings (SSSR count). The molecule has 33 heavy (non-hydrogen) atoms. The second-order valence-electron chi connectivity index (χ2n) is 8.37. The monoisotopic (exact) mass is 439 g/mol. The minimum atomic E-state index is -0.289. The first-order valence-electron chi connectivity index (χ1n) is 11.4. The summed E-state index contributed by atoms with van der Waals surface area (Å²) in [7, 11) is 0. The third-order valence-corrected chi connectivity index (χ3v) is 6.05. The smallest absolute Gasteiger partial charge is 0.228 e. The summed E-state index contributed by atoms with van der Waals surface area (Å²) in [5.74, 6) is -0.204. The maximum atomic E-state index is 13.3. The van der Waals surface area contributed by atoms with Crippen molar-refractivity contribution in [3.05, 3.63) is 103 Å². The van der Waals surface area contributed by atoms with Crippen LogP contribution in [-0.4, -0.2) is 52.8 Å². The summed E-state index contributed by atoms with van der Waals surface area (Å²) in [5.41, 5.74) is 4.14. The van der Waals surface area contributed by atoms with E-state index in [1.165, 1.54) is 0 Å². The lowest BCUT2D eigenvalue weighted by Gasteiger charge is -2.23. The molecule has 0 spiro atoms. The Morgan fingerprint density at radius 2 is 1.70 bits per heavy atom. The predicted molar refractivity (Wildman–Crippen MR) is 130 cm³/mol. The molecular weight excluding hydrogens is 410 g/mol. The van der Waals surface area contributed by atoms with Gasteiger partial charge >= 0.3 is 0 Å². The van der Waals surface area contributed by atoms with Crippen molar-refractivity contribution in [1.29, 1.82) is 0 Å². The Morgan fingerprint density at radius 3 is 2.39 bits per heavy atom. The third-order valence-electron chi connectivity index (χ3n) is 6.05. The maximum absolute atomic E-state index is 13.3. The van der Waals surface area contributed by atoms with Gasteiger partial charge in [0.1, 0.15) is 0 Å². The van der Waals surface area contributed by atoms with E-state index in [2.05, 4.69) is 48.0 Å². The quantitative estimate of drug-likeness (QED) is 0.523. The molecule has 0 radical (unpaired) electrons. The van der Waals surface area contributed by atoms with Crippen LogP contribution < -0.4 is 0 Å². The summed E-state index contributed by atoms with van der Waals surface area (Å²) in [5, 5.41) is 0. The number of hydrogen-bond acceptors (Lipinski definition) is 3. The first-order valence-corrected chi connectivity index (χ1v) is 11.4. The lowest BCUT2D eigenvalue weighted by atomic mass is 9.95. The average Bonchev–Trinajstić information content (AvgIpc) is 3.00. The molecule has 2 heterocycles. The zero-order chi connectivity index (χ0) is 23.0. The highest BCUT2D eigenvalue weighted by Crippen LogP contribution is 2.22. The molecule has 5 nitrogen and oxygen atoms in total. The molecule has 2 aromatic carbocycles. The van der Waals surface area contributed by atoms with Gasteiger partial charge in [0, 0.05) is 38.1 Å². The molecule has 1 aliphatic rings. The van der Waals surface area contributed by atoms with Crippen LogP contribution in [0.15, 0.2) is 91.6 Å². The number of aromatic nitrogens is 1. The van der Waals surface area contributed by atoms with Gasteiger partial charge in [0.05, 0.1) is 12.3 Å². The highest BCUT2D eigenvalue weighted by atomic mass is 16.2. The van der Waals surface area contributed by atoms with Gasteiger partial charge in [-0.2, -0.15) is 0 Å². The Hall–Kier alpha value is -3.73. The Bertz CT molecular complexity index is 1080. The molecule has 0 aliphatic carbocycles. The number of rotatable bonds is 7. The van der Waals surface area contributed by atoms with Crippen LogP contribution >= 0.6 is 0 Å². The Labute approximate surface area is 195 Å². The Morgan fingerprint density at radius 1 is 0.970 bits per heavy atom. The van der Waals surface area contributed by atoms with E-state index in [9.17, 15) is 9.59 Å². The summed E-state index contributed by atoms with van der Waals surface area (Å²) in [6.45, 7) is 5.74. The number of carbonyl (C=O) groups excluding carboxylic acids is 2. The van der Waals surface area contributed by atoms with Crippen molar-refractivity contribution in [3.63, 3.8) is 0 Å². The number of pyridine rings is 1. The van der Waals surface area contributed by atoms with Gasteiger partial charge in [0.25, 0.3) is 0 Å². The highest BCUT2D eigenvalue weighted by molar-refractivity contribution is 5.83. The molecule has 1 atom stereocenters. The highest BCUT2D eigenvalue weighted by Gasteiger charge is 2.32. The van der Waals surface area contributed by atoms with Crippen molar-refractivity contribution in [2.75, 3.05) is 26.2 Å². The normalized spacial score (nSPS) is 16.4. The zero-order valence-corrected chi connectivity index (χ0v) is 18.8. The standard InChI is InChI=1S/C28H29N3O2/c1-2-16-30-17-18-31(27(32)20-26-10-6-7-15-29-26)21-25(28(30)33)19-22-11-13-24(14-12-22)23-8-4-3-5-9-23/h2-15,25H,1,16-21H2/t25-/m1/s1. The molecule has 1 aliphatic heterocycles. The number of amides is 2. The minimum Gasteiger partial charge on any atom is -0.340 e. The molecule has 0 saturated carbocycles. The maximum Gasteiger partial charge on any atom is 0.228 e. The van der Waals surface area contributed by atoms with E-state index in [0.717, 1.165) is 22.4 Å². The molecule has 3 aromatic rings. The summed E-state index contributed by atoms with van der Waals surface area (Å²) in [4.78, 5) is 34.2. The fourth-order valence-electron chi connectivity index (χ4n) is 4.28. The largest absolute Gasteiger partial charge is 0.340 e. The van der Waals surface area contributed by atoms with Gasteiger partial charge in [0.15, 0.2) is 0 Å². The molecule has 0 bridgehead atoms.